The van der Waals surface area contributed by atoms with E-state index < -0.39 is 23.9 Å². The average molecular weight is 256 g/mol. The van der Waals surface area contributed by atoms with Crippen molar-refractivity contribution in [1.29, 1.82) is 0 Å². The third kappa shape index (κ3) is 15.5. The largest absolute Gasteiger partial charge is 0.472 e. The first-order valence-electron chi connectivity index (χ1n) is 3.99. The second-order valence-electron chi connectivity index (χ2n) is 2.09. The molecule has 0 aromatic heterocycles. The number of carboxylic acid groups (broad SMARTS) is 2. The van der Waals surface area contributed by atoms with Gasteiger partial charge in [-0.1, -0.05) is 0 Å². The standard InChI is InChI=1S/2C5H4O4/c2*1-9-5(8)3-2-4(6)7/h2*1H3,(H,6,7). The maximum atomic E-state index is 10.1. The highest BCUT2D eigenvalue weighted by Gasteiger charge is 1.91. The van der Waals surface area contributed by atoms with Crippen LogP contribution in [0.5, 0.6) is 0 Å². The molecule has 8 nitrogen and oxygen atoms in total. The van der Waals surface area contributed by atoms with Gasteiger partial charge in [-0.15, -0.1) is 0 Å². The van der Waals surface area contributed by atoms with E-state index >= 15 is 0 Å². The van der Waals surface area contributed by atoms with E-state index in [9.17, 15) is 19.2 Å². The van der Waals surface area contributed by atoms with Crippen LogP contribution in [0.15, 0.2) is 0 Å². The number of carboxylic acids is 2. The molecule has 0 aliphatic rings. The third-order valence-corrected chi connectivity index (χ3v) is 0.914. The van der Waals surface area contributed by atoms with Crippen molar-refractivity contribution in [2.24, 2.45) is 0 Å². The number of ether oxygens (including phenoxy) is 2. The molecule has 0 rings (SSSR count). The Morgan fingerprint density at radius 1 is 0.722 bits per heavy atom. The van der Waals surface area contributed by atoms with Gasteiger partial charge >= 0.3 is 23.9 Å². The van der Waals surface area contributed by atoms with Gasteiger partial charge in [0.1, 0.15) is 0 Å². The first kappa shape index (κ1) is 17.4. The van der Waals surface area contributed by atoms with Gasteiger partial charge < -0.3 is 19.7 Å². The van der Waals surface area contributed by atoms with Crippen molar-refractivity contribution in [3.05, 3.63) is 0 Å². The quantitative estimate of drug-likeness (QED) is 0.304. The zero-order chi connectivity index (χ0) is 14.6. The maximum Gasteiger partial charge on any atom is 0.384 e. The molecule has 8 heteroatoms. The second-order valence-corrected chi connectivity index (χ2v) is 2.09. The minimum atomic E-state index is -1.35. The van der Waals surface area contributed by atoms with E-state index in [1.807, 2.05) is 0 Å². The predicted octanol–water partition coefficient (Wildman–Crippen LogP) is -1.51. The number of hydrogen-bond acceptors (Lipinski definition) is 6. The molecule has 0 aliphatic carbocycles. The van der Waals surface area contributed by atoms with Gasteiger partial charge in [-0.25, -0.2) is 19.2 Å². The number of methoxy groups -OCH3 is 2. The summed E-state index contributed by atoms with van der Waals surface area (Å²) in [4.78, 5) is 39.4. The zero-order valence-corrected chi connectivity index (χ0v) is 9.34. The van der Waals surface area contributed by atoms with Gasteiger partial charge in [0.15, 0.2) is 0 Å². The lowest BCUT2D eigenvalue weighted by atomic mass is 10.6. The summed E-state index contributed by atoms with van der Waals surface area (Å²) in [5, 5.41) is 15.8. The van der Waals surface area contributed by atoms with Crippen LogP contribution in [0.1, 0.15) is 0 Å². The molecule has 0 fully saturated rings. The molecule has 0 spiro atoms. The van der Waals surface area contributed by atoms with E-state index in [1.54, 1.807) is 23.7 Å². The highest BCUT2D eigenvalue weighted by molar-refractivity contribution is 5.97. The van der Waals surface area contributed by atoms with Crippen molar-refractivity contribution >= 4 is 23.9 Å². The van der Waals surface area contributed by atoms with Gasteiger partial charge in [0.25, 0.3) is 0 Å². The molecular weight excluding hydrogens is 248 g/mol. The van der Waals surface area contributed by atoms with E-state index in [0.717, 1.165) is 14.2 Å². The molecule has 0 aliphatic heterocycles. The Morgan fingerprint density at radius 3 is 1.17 bits per heavy atom. The highest BCUT2D eigenvalue weighted by Crippen LogP contribution is 1.67. The minimum Gasteiger partial charge on any atom is -0.472 e. The first-order valence-corrected chi connectivity index (χ1v) is 3.99. The molecule has 18 heavy (non-hydrogen) atoms. The van der Waals surface area contributed by atoms with Crippen LogP contribution in [0, 0.1) is 23.7 Å². The summed E-state index contributed by atoms with van der Waals surface area (Å²) in [5.74, 6) is 2.23. The van der Waals surface area contributed by atoms with Crippen molar-refractivity contribution in [2.45, 2.75) is 0 Å². The molecule has 0 unspecified atom stereocenters. The van der Waals surface area contributed by atoms with Crippen LogP contribution in [-0.4, -0.2) is 48.3 Å². The van der Waals surface area contributed by atoms with Crippen LogP contribution < -0.4 is 0 Å². The summed E-state index contributed by atoms with van der Waals surface area (Å²) in [7, 11) is 2.25. The first-order chi connectivity index (χ1) is 8.33. The van der Waals surface area contributed by atoms with E-state index in [0.29, 0.717) is 0 Å². The molecule has 0 atom stereocenters. The van der Waals surface area contributed by atoms with E-state index in [-0.39, 0.29) is 0 Å². The second kappa shape index (κ2) is 10.5. The molecule has 0 saturated heterocycles. The van der Waals surface area contributed by atoms with Crippen LogP contribution in [0.25, 0.3) is 0 Å². The summed E-state index contributed by atoms with van der Waals surface area (Å²) >= 11 is 0. The summed E-state index contributed by atoms with van der Waals surface area (Å²) in [6.45, 7) is 0. The number of aliphatic carboxylic acids is 2. The topological polar surface area (TPSA) is 127 Å². The molecule has 0 saturated carbocycles. The fourth-order valence-electron chi connectivity index (χ4n) is 0.311. The Hall–Kier alpha value is -3.00. The number of carbonyl (C=O) groups excluding carboxylic acids is 2. The number of hydrogen-bond donors (Lipinski definition) is 2. The van der Waals surface area contributed by atoms with Gasteiger partial charge in [0.2, 0.25) is 0 Å². The van der Waals surface area contributed by atoms with Crippen LogP contribution in [-0.2, 0) is 28.7 Å². The number of carbonyl (C=O) groups is 4. The molecule has 0 aromatic rings. The molecule has 2 N–H and O–H groups in total. The smallest absolute Gasteiger partial charge is 0.384 e. The lowest BCUT2D eigenvalue weighted by Crippen LogP contribution is -1.96. The predicted molar refractivity (Wildman–Crippen MR) is 54.9 cm³/mol. The van der Waals surface area contributed by atoms with Crippen molar-refractivity contribution in [1.82, 2.24) is 0 Å². The molecule has 0 aromatic carbocycles. The maximum absolute atomic E-state index is 10.1. The summed E-state index contributed by atoms with van der Waals surface area (Å²) in [5.41, 5.74) is 0. The fourth-order valence-corrected chi connectivity index (χ4v) is 0.311. The van der Waals surface area contributed by atoms with Crippen LogP contribution in [0.4, 0.5) is 0 Å². The third-order valence-electron chi connectivity index (χ3n) is 0.914. The van der Waals surface area contributed by atoms with Gasteiger partial charge in [0.05, 0.1) is 14.2 Å². The molecule has 0 heterocycles. The number of rotatable bonds is 0. The van der Waals surface area contributed by atoms with Crippen molar-refractivity contribution in [3.63, 3.8) is 0 Å². The van der Waals surface area contributed by atoms with Crippen LogP contribution in [0.3, 0.4) is 0 Å². The van der Waals surface area contributed by atoms with E-state index in [1.165, 1.54) is 0 Å². The van der Waals surface area contributed by atoms with E-state index in [4.69, 9.17) is 10.2 Å². The molecule has 0 radical (unpaired) electrons. The Labute approximate surface area is 101 Å². The van der Waals surface area contributed by atoms with Crippen molar-refractivity contribution < 1.29 is 38.9 Å². The van der Waals surface area contributed by atoms with Gasteiger partial charge in [-0.05, 0) is 0 Å². The Bertz CT molecular complexity index is 410. The van der Waals surface area contributed by atoms with Crippen LogP contribution in [0.2, 0.25) is 0 Å². The normalized spacial score (nSPS) is 6.78. The lowest BCUT2D eigenvalue weighted by Gasteiger charge is -1.81. The molecule has 0 bridgehead atoms. The minimum absolute atomic E-state index is 0.850. The van der Waals surface area contributed by atoms with E-state index in [2.05, 4.69) is 9.47 Å². The Morgan fingerprint density at radius 2 is 1.00 bits per heavy atom. The lowest BCUT2D eigenvalue weighted by molar-refractivity contribution is -0.135. The van der Waals surface area contributed by atoms with Gasteiger partial charge in [-0.3, -0.25) is 0 Å². The van der Waals surface area contributed by atoms with Crippen molar-refractivity contribution in [2.75, 3.05) is 14.2 Å². The number of esters is 2. The summed E-state index contributed by atoms with van der Waals surface area (Å²) < 4.78 is 8.05. The average Bonchev–Trinajstić information content (AvgIpc) is 2.33. The molecule has 0 amide bonds. The van der Waals surface area contributed by atoms with Gasteiger partial charge in [-0.2, -0.15) is 0 Å². The van der Waals surface area contributed by atoms with Gasteiger partial charge in [0, 0.05) is 23.7 Å². The molecule has 96 valence electrons. The fraction of sp³-hybridized carbons (Fsp3) is 0.200. The van der Waals surface area contributed by atoms with Crippen LogP contribution >= 0.6 is 0 Å². The monoisotopic (exact) mass is 256 g/mol. The Balaban J connectivity index is 0. The SMILES string of the molecule is COC(=O)C#CC(=O)O.COC(=O)C#CC(=O)O. The van der Waals surface area contributed by atoms with Crippen molar-refractivity contribution in [3.8, 4) is 23.7 Å². The summed E-state index contributed by atoms with van der Waals surface area (Å²) in [6.07, 6.45) is 0. The highest BCUT2D eigenvalue weighted by atomic mass is 16.5. The summed E-state index contributed by atoms with van der Waals surface area (Å²) in [6, 6.07) is 0. The Kier molecular flexibility index (Phi) is 10.2. The molecular formula is C10H8O8. The zero-order valence-electron chi connectivity index (χ0n) is 9.34.